The van der Waals surface area contributed by atoms with E-state index in [4.69, 9.17) is 0 Å². The van der Waals surface area contributed by atoms with Gasteiger partial charge in [-0.05, 0) is 28.7 Å². The number of fused-ring (bicyclic) bond motifs is 3. The van der Waals surface area contributed by atoms with Crippen LogP contribution in [0.3, 0.4) is 0 Å². The van der Waals surface area contributed by atoms with Gasteiger partial charge >= 0.3 is 0 Å². The molecule has 0 fully saturated rings. The predicted octanol–water partition coefficient (Wildman–Crippen LogP) is 5.73. The van der Waals surface area contributed by atoms with Crippen molar-refractivity contribution < 1.29 is 20.1 Å². The summed E-state index contributed by atoms with van der Waals surface area (Å²) in [5, 5.41) is 3.46. The molecule has 2 heterocycles. The quantitative estimate of drug-likeness (QED) is 0.207. The van der Waals surface area contributed by atoms with E-state index in [1.54, 1.807) is 6.20 Å². The van der Waals surface area contributed by atoms with Crippen LogP contribution < -0.4 is 0 Å². The molecular formula is C24H16IrN2-2. The fraction of sp³-hybridized carbons (Fsp3) is 0. The zero-order valence-corrected chi connectivity index (χ0v) is 16.9. The monoisotopic (exact) mass is 525 g/mol. The van der Waals surface area contributed by atoms with Crippen LogP contribution in [0.1, 0.15) is 0 Å². The molecule has 0 aliphatic heterocycles. The second-order valence-corrected chi connectivity index (χ2v) is 5.77. The zero-order valence-electron chi connectivity index (χ0n) is 14.5. The maximum Gasteiger partial charge on any atom is 0.0161 e. The Balaban J connectivity index is 0.000000152. The van der Waals surface area contributed by atoms with Crippen molar-refractivity contribution in [2.45, 2.75) is 0 Å². The van der Waals surface area contributed by atoms with Gasteiger partial charge in [0.25, 0.3) is 0 Å². The molecule has 0 aliphatic carbocycles. The minimum absolute atomic E-state index is 0. The summed E-state index contributed by atoms with van der Waals surface area (Å²) in [6.45, 7) is 0. The molecule has 0 atom stereocenters. The van der Waals surface area contributed by atoms with Crippen molar-refractivity contribution in [3.8, 4) is 11.3 Å². The minimum atomic E-state index is 0. The molecule has 5 aromatic rings. The fourth-order valence-electron chi connectivity index (χ4n) is 2.81. The van der Waals surface area contributed by atoms with Crippen LogP contribution in [0.15, 0.2) is 97.3 Å². The second-order valence-electron chi connectivity index (χ2n) is 5.77. The number of aromatic nitrogens is 2. The Hall–Kier alpha value is -2.87. The second kappa shape index (κ2) is 9.18. The van der Waals surface area contributed by atoms with E-state index in [0.717, 1.165) is 22.2 Å². The van der Waals surface area contributed by atoms with Crippen molar-refractivity contribution in [3.63, 3.8) is 0 Å². The van der Waals surface area contributed by atoms with Gasteiger partial charge in [0.05, 0.1) is 0 Å². The maximum absolute atomic E-state index is 4.38. The number of hydrogen-bond acceptors (Lipinski definition) is 2. The topological polar surface area (TPSA) is 25.8 Å². The van der Waals surface area contributed by atoms with E-state index in [0.29, 0.717) is 0 Å². The van der Waals surface area contributed by atoms with Gasteiger partial charge in [0.15, 0.2) is 0 Å². The molecule has 0 N–H and O–H groups in total. The summed E-state index contributed by atoms with van der Waals surface area (Å²) < 4.78 is 0. The van der Waals surface area contributed by atoms with Crippen LogP contribution in [0.4, 0.5) is 0 Å². The van der Waals surface area contributed by atoms with E-state index in [-0.39, 0.29) is 20.1 Å². The van der Waals surface area contributed by atoms with Crippen LogP contribution in [-0.4, -0.2) is 9.97 Å². The largest absolute Gasteiger partial charge is 0.305 e. The number of hydrogen-bond donors (Lipinski definition) is 0. The van der Waals surface area contributed by atoms with Crippen molar-refractivity contribution in [3.05, 3.63) is 109 Å². The first-order chi connectivity index (χ1) is 12.9. The standard InChI is InChI=1S/C13H8N.C11H8N.Ir/c1-2-6-12-10(4-1)7-8-11-5-3-9-14-13(11)12;1-2-6-10(7-3-1)11-8-4-5-9-12-11;/h1-5,7-9H;1-6,8-9H;/q2*-1;. The average molecular weight is 525 g/mol. The molecule has 2 aromatic heterocycles. The molecule has 27 heavy (non-hydrogen) atoms. The first-order valence-corrected chi connectivity index (χ1v) is 8.44. The molecular weight excluding hydrogens is 508 g/mol. The number of nitrogens with zero attached hydrogens (tertiary/aromatic N) is 2. The third-order valence-corrected chi connectivity index (χ3v) is 4.06. The molecule has 0 saturated carbocycles. The predicted molar refractivity (Wildman–Crippen MR) is 107 cm³/mol. The summed E-state index contributed by atoms with van der Waals surface area (Å²) in [6, 6.07) is 34.3. The van der Waals surface area contributed by atoms with Crippen LogP contribution in [-0.2, 0) is 20.1 Å². The Kier molecular flexibility index (Phi) is 6.43. The molecule has 0 spiro atoms. The zero-order chi connectivity index (χ0) is 17.6. The third kappa shape index (κ3) is 4.46. The van der Waals surface area contributed by atoms with Crippen LogP contribution >= 0.6 is 0 Å². The molecule has 0 amide bonds. The number of rotatable bonds is 1. The van der Waals surface area contributed by atoms with Crippen LogP contribution in [0.5, 0.6) is 0 Å². The number of benzene rings is 3. The van der Waals surface area contributed by atoms with Gasteiger partial charge < -0.3 is 9.97 Å². The summed E-state index contributed by atoms with van der Waals surface area (Å²) >= 11 is 0. The summed E-state index contributed by atoms with van der Waals surface area (Å²) in [6.07, 6.45) is 3.61. The van der Waals surface area contributed by atoms with E-state index >= 15 is 0 Å². The van der Waals surface area contributed by atoms with Crippen molar-refractivity contribution in [2.75, 3.05) is 0 Å². The van der Waals surface area contributed by atoms with Crippen molar-refractivity contribution in [1.82, 2.24) is 9.97 Å². The molecule has 133 valence electrons. The summed E-state index contributed by atoms with van der Waals surface area (Å²) in [7, 11) is 0. The number of pyridine rings is 2. The van der Waals surface area contributed by atoms with E-state index in [9.17, 15) is 0 Å². The van der Waals surface area contributed by atoms with Crippen molar-refractivity contribution in [2.24, 2.45) is 0 Å². The minimum Gasteiger partial charge on any atom is -0.305 e. The van der Waals surface area contributed by atoms with Gasteiger partial charge in [-0.1, -0.05) is 30.3 Å². The van der Waals surface area contributed by atoms with E-state index in [2.05, 4.69) is 46.4 Å². The molecule has 2 nitrogen and oxygen atoms in total. The average Bonchev–Trinajstić information content (AvgIpc) is 2.75. The molecule has 3 aromatic carbocycles. The van der Waals surface area contributed by atoms with Crippen LogP contribution in [0.2, 0.25) is 0 Å². The Labute approximate surface area is 172 Å². The molecule has 0 bridgehead atoms. The summed E-state index contributed by atoms with van der Waals surface area (Å²) in [5.41, 5.74) is 3.04. The maximum atomic E-state index is 4.38. The normalized spacial score (nSPS) is 9.93. The van der Waals surface area contributed by atoms with Gasteiger partial charge in [0.1, 0.15) is 0 Å². The summed E-state index contributed by atoms with van der Waals surface area (Å²) in [4.78, 5) is 8.60. The van der Waals surface area contributed by atoms with E-state index in [1.807, 2.05) is 66.9 Å². The third-order valence-electron chi connectivity index (χ3n) is 4.06. The Morgan fingerprint density at radius 3 is 2.19 bits per heavy atom. The van der Waals surface area contributed by atoms with Crippen LogP contribution in [0, 0.1) is 12.1 Å². The van der Waals surface area contributed by atoms with E-state index < -0.39 is 0 Å². The molecule has 0 unspecified atom stereocenters. The van der Waals surface area contributed by atoms with Crippen LogP contribution in [0.25, 0.3) is 32.9 Å². The van der Waals surface area contributed by atoms with Gasteiger partial charge in [0, 0.05) is 32.5 Å². The molecule has 3 heteroatoms. The van der Waals surface area contributed by atoms with Gasteiger partial charge in [-0.25, -0.2) is 0 Å². The van der Waals surface area contributed by atoms with E-state index in [1.165, 1.54) is 10.8 Å². The first kappa shape index (κ1) is 18.9. The fourth-order valence-corrected chi connectivity index (χ4v) is 2.81. The van der Waals surface area contributed by atoms with Crippen molar-refractivity contribution in [1.29, 1.82) is 0 Å². The Bertz CT molecular complexity index is 1030. The molecule has 0 saturated heterocycles. The molecule has 0 aliphatic rings. The van der Waals surface area contributed by atoms with Gasteiger partial charge in [-0.2, -0.15) is 0 Å². The van der Waals surface area contributed by atoms with Gasteiger partial charge in [0.2, 0.25) is 0 Å². The Morgan fingerprint density at radius 2 is 1.37 bits per heavy atom. The van der Waals surface area contributed by atoms with Crippen molar-refractivity contribution >= 4 is 21.7 Å². The SMILES string of the molecule is [Ir].[c-]1cccc2ccc3cccnc3c12.[c-]1ccccc1-c1ccccn1. The smallest absolute Gasteiger partial charge is 0.0161 e. The van der Waals surface area contributed by atoms with Gasteiger partial charge in [-0.3, -0.25) is 0 Å². The first-order valence-electron chi connectivity index (χ1n) is 8.44. The van der Waals surface area contributed by atoms with Gasteiger partial charge in [-0.15, -0.1) is 70.9 Å². The molecule has 5 rings (SSSR count). The summed E-state index contributed by atoms with van der Waals surface area (Å²) in [5.74, 6) is 0. The molecule has 1 radical (unpaired) electrons. The Morgan fingerprint density at radius 1 is 0.593 bits per heavy atom.